The molecule has 6 heteroatoms. The van der Waals surface area contributed by atoms with Crippen LogP contribution in [0.2, 0.25) is 0 Å². The van der Waals surface area contributed by atoms with E-state index in [0.717, 1.165) is 56.2 Å². The maximum absolute atomic E-state index is 12.6. The Hall–Kier alpha value is -1.95. The van der Waals surface area contributed by atoms with Crippen molar-refractivity contribution in [3.8, 4) is 11.5 Å². The number of ether oxygens (including phenoxy) is 3. The third-order valence-electron chi connectivity index (χ3n) is 5.92. The molecule has 0 aromatic heterocycles. The first kappa shape index (κ1) is 17.5. The summed E-state index contributed by atoms with van der Waals surface area (Å²) in [5.74, 6) is 1.58. The van der Waals surface area contributed by atoms with Gasteiger partial charge in [0.1, 0.15) is 13.2 Å². The standard InChI is InChI=1S/C20H28N2O4/c1-19(2,15-3-4-16-17(11-15)26-10-9-25-16)12-21-18(23)22-7-5-20(13-22)6-8-24-14-20/h3-4,11H,5-10,12-14H2,1-2H3,(H,21,23). The Morgan fingerprint density at radius 1 is 1.19 bits per heavy atom. The number of benzene rings is 1. The van der Waals surface area contributed by atoms with Crippen molar-refractivity contribution in [3.63, 3.8) is 0 Å². The second-order valence-electron chi connectivity index (χ2n) is 8.38. The molecule has 2 fully saturated rings. The van der Waals surface area contributed by atoms with Crippen LogP contribution in [0.15, 0.2) is 18.2 Å². The van der Waals surface area contributed by atoms with E-state index in [0.29, 0.717) is 19.8 Å². The number of likely N-dealkylation sites (tertiary alicyclic amines) is 1. The SMILES string of the molecule is CC(C)(CNC(=O)N1CCC2(CCOC2)C1)c1ccc2c(c1)OCCO2. The fraction of sp³-hybridized carbons (Fsp3) is 0.650. The van der Waals surface area contributed by atoms with Crippen LogP contribution in [-0.2, 0) is 10.2 Å². The van der Waals surface area contributed by atoms with Crippen molar-refractivity contribution < 1.29 is 19.0 Å². The van der Waals surface area contributed by atoms with Crippen LogP contribution in [0.3, 0.4) is 0 Å². The van der Waals surface area contributed by atoms with Gasteiger partial charge in [-0.1, -0.05) is 19.9 Å². The zero-order chi connectivity index (χ0) is 18.2. The normalized spacial score (nSPS) is 24.9. The largest absolute Gasteiger partial charge is 0.486 e. The molecule has 1 N–H and O–H groups in total. The van der Waals surface area contributed by atoms with E-state index >= 15 is 0 Å². The summed E-state index contributed by atoms with van der Waals surface area (Å²) < 4.78 is 16.8. The summed E-state index contributed by atoms with van der Waals surface area (Å²) in [6.07, 6.45) is 2.12. The molecular formula is C20H28N2O4. The molecule has 142 valence electrons. The Kier molecular flexibility index (Phi) is 4.47. The quantitative estimate of drug-likeness (QED) is 0.900. The number of amides is 2. The molecule has 1 spiro atoms. The molecule has 6 nitrogen and oxygen atoms in total. The highest BCUT2D eigenvalue weighted by molar-refractivity contribution is 5.74. The highest BCUT2D eigenvalue weighted by Crippen LogP contribution is 2.38. The van der Waals surface area contributed by atoms with Crippen molar-refractivity contribution in [2.24, 2.45) is 5.41 Å². The molecule has 0 aliphatic carbocycles. The predicted molar refractivity (Wildman–Crippen MR) is 97.9 cm³/mol. The Morgan fingerprint density at radius 2 is 2.00 bits per heavy atom. The highest BCUT2D eigenvalue weighted by atomic mass is 16.6. The summed E-state index contributed by atoms with van der Waals surface area (Å²) in [6.45, 7) is 9.26. The van der Waals surface area contributed by atoms with Gasteiger partial charge in [0.05, 0.1) is 6.61 Å². The van der Waals surface area contributed by atoms with Crippen molar-refractivity contribution in [2.75, 3.05) is 46.1 Å². The smallest absolute Gasteiger partial charge is 0.317 e. The molecule has 2 amide bonds. The van der Waals surface area contributed by atoms with Crippen molar-refractivity contribution in [2.45, 2.75) is 32.1 Å². The fourth-order valence-electron chi connectivity index (χ4n) is 4.05. The molecule has 1 unspecified atom stereocenters. The fourth-order valence-corrected chi connectivity index (χ4v) is 4.05. The van der Waals surface area contributed by atoms with Crippen LogP contribution in [0.1, 0.15) is 32.3 Å². The highest BCUT2D eigenvalue weighted by Gasteiger charge is 2.42. The van der Waals surface area contributed by atoms with Crippen LogP contribution in [0, 0.1) is 5.41 Å². The number of carbonyl (C=O) groups is 1. The number of fused-ring (bicyclic) bond motifs is 1. The zero-order valence-electron chi connectivity index (χ0n) is 15.7. The van der Waals surface area contributed by atoms with Crippen molar-refractivity contribution >= 4 is 6.03 Å². The lowest BCUT2D eigenvalue weighted by atomic mass is 9.84. The summed E-state index contributed by atoms with van der Waals surface area (Å²) in [5.41, 5.74) is 1.13. The number of carbonyl (C=O) groups excluding carboxylic acids is 1. The monoisotopic (exact) mass is 360 g/mol. The zero-order valence-corrected chi connectivity index (χ0v) is 15.7. The van der Waals surface area contributed by atoms with Gasteiger partial charge in [-0.3, -0.25) is 0 Å². The van der Waals surface area contributed by atoms with E-state index in [9.17, 15) is 4.79 Å². The molecule has 3 aliphatic heterocycles. The van der Waals surface area contributed by atoms with Crippen molar-refractivity contribution in [1.82, 2.24) is 10.2 Å². The number of hydrogen-bond donors (Lipinski definition) is 1. The minimum atomic E-state index is -0.195. The van der Waals surface area contributed by atoms with E-state index in [2.05, 4.69) is 25.2 Å². The minimum Gasteiger partial charge on any atom is -0.486 e. The Morgan fingerprint density at radius 3 is 2.77 bits per heavy atom. The second kappa shape index (κ2) is 6.65. The maximum Gasteiger partial charge on any atom is 0.317 e. The Balaban J connectivity index is 1.36. The van der Waals surface area contributed by atoms with Crippen LogP contribution in [0.4, 0.5) is 4.79 Å². The van der Waals surface area contributed by atoms with Crippen LogP contribution in [0.25, 0.3) is 0 Å². The van der Waals surface area contributed by atoms with E-state index in [4.69, 9.17) is 14.2 Å². The average molecular weight is 360 g/mol. The average Bonchev–Trinajstić information content (AvgIpc) is 3.29. The van der Waals surface area contributed by atoms with Crippen LogP contribution < -0.4 is 14.8 Å². The lowest BCUT2D eigenvalue weighted by molar-refractivity contribution is 0.152. The number of urea groups is 1. The van der Waals surface area contributed by atoms with Gasteiger partial charge in [0, 0.05) is 37.1 Å². The molecule has 3 aliphatic rings. The van der Waals surface area contributed by atoms with Gasteiger partial charge >= 0.3 is 6.03 Å². The minimum absolute atomic E-state index is 0.0272. The Bertz CT molecular complexity index is 682. The molecule has 26 heavy (non-hydrogen) atoms. The van der Waals surface area contributed by atoms with Gasteiger partial charge in [0.25, 0.3) is 0 Å². The van der Waals surface area contributed by atoms with E-state index in [1.54, 1.807) is 0 Å². The second-order valence-corrected chi connectivity index (χ2v) is 8.38. The first-order valence-electron chi connectivity index (χ1n) is 9.48. The van der Waals surface area contributed by atoms with E-state index in [1.807, 2.05) is 17.0 Å². The lowest BCUT2D eigenvalue weighted by Gasteiger charge is -2.29. The van der Waals surface area contributed by atoms with Gasteiger partial charge in [-0.15, -0.1) is 0 Å². The molecule has 1 aromatic rings. The number of hydrogen-bond acceptors (Lipinski definition) is 4. The van der Waals surface area contributed by atoms with Gasteiger partial charge in [0.15, 0.2) is 11.5 Å². The third kappa shape index (κ3) is 3.34. The van der Waals surface area contributed by atoms with E-state index in [1.165, 1.54) is 0 Å². The molecule has 0 saturated carbocycles. The summed E-state index contributed by atoms with van der Waals surface area (Å²) in [4.78, 5) is 14.6. The van der Waals surface area contributed by atoms with Gasteiger partial charge in [-0.25, -0.2) is 4.79 Å². The van der Waals surface area contributed by atoms with Crippen molar-refractivity contribution in [1.29, 1.82) is 0 Å². The molecular weight excluding hydrogens is 332 g/mol. The van der Waals surface area contributed by atoms with E-state index in [-0.39, 0.29) is 16.9 Å². The first-order valence-corrected chi connectivity index (χ1v) is 9.48. The van der Waals surface area contributed by atoms with Crippen LogP contribution in [0.5, 0.6) is 11.5 Å². The van der Waals surface area contributed by atoms with Gasteiger partial charge in [-0.05, 0) is 30.5 Å². The van der Waals surface area contributed by atoms with Crippen LogP contribution in [-0.4, -0.2) is 57.0 Å². The maximum atomic E-state index is 12.6. The molecule has 3 heterocycles. The molecule has 1 aromatic carbocycles. The molecule has 0 bridgehead atoms. The molecule has 2 saturated heterocycles. The van der Waals surface area contributed by atoms with Crippen LogP contribution >= 0.6 is 0 Å². The van der Waals surface area contributed by atoms with Gasteiger partial charge < -0.3 is 24.4 Å². The van der Waals surface area contributed by atoms with Crippen molar-refractivity contribution in [3.05, 3.63) is 23.8 Å². The predicted octanol–water partition coefficient (Wildman–Crippen LogP) is 2.56. The summed E-state index contributed by atoms with van der Waals surface area (Å²) >= 11 is 0. The first-order chi connectivity index (χ1) is 12.5. The number of rotatable bonds is 3. The summed E-state index contributed by atoms with van der Waals surface area (Å²) in [6, 6.07) is 6.07. The summed E-state index contributed by atoms with van der Waals surface area (Å²) in [7, 11) is 0. The molecule has 0 radical (unpaired) electrons. The topological polar surface area (TPSA) is 60.0 Å². The lowest BCUT2D eigenvalue weighted by Crippen LogP contribution is -2.44. The van der Waals surface area contributed by atoms with Gasteiger partial charge in [0.2, 0.25) is 0 Å². The molecule has 1 atom stereocenters. The Labute approximate surface area is 154 Å². The third-order valence-corrected chi connectivity index (χ3v) is 5.92. The summed E-state index contributed by atoms with van der Waals surface area (Å²) in [5, 5.41) is 3.12. The van der Waals surface area contributed by atoms with Gasteiger partial charge in [-0.2, -0.15) is 0 Å². The molecule has 4 rings (SSSR count). The number of nitrogens with zero attached hydrogens (tertiary/aromatic N) is 1. The number of nitrogens with one attached hydrogen (secondary N) is 1. The van der Waals surface area contributed by atoms with E-state index < -0.39 is 0 Å².